The van der Waals surface area contributed by atoms with Gasteiger partial charge in [0, 0.05) is 6.04 Å². The Labute approximate surface area is 104 Å². The highest BCUT2D eigenvalue weighted by Crippen LogP contribution is 2.34. The van der Waals surface area contributed by atoms with Crippen LogP contribution in [-0.2, 0) is 0 Å². The van der Waals surface area contributed by atoms with Crippen molar-refractivity contribution in [1.29, 1.82) is 0 Å². The van der Waals surface area contributed by atoms with Crippen LogP contribution in [0, 0.1) is 19.3 Å². The Bertz CT molecular complexity index is 376. The van der Waals surface area contributed by atoms with Crippen molar-refractivity contribution in [2.45, 2.75) is 33.7 Å². The molecule has 0 heterocycles. The summed E-state index contributed by atoms with van der Waals surface area (Å²) < 4.78 is 5.36. The topological polar surface area (TPSA) is 61.3 Å². The zero-order valence-corrected chi connectivity index (χ0v) is 11.5. The summed E-state index contributed by atoms with van der Waals surface area (Å²) in [5.74, 6) is 0.937. The summed E-state index contributed by atoms with van der Waals surface area (Å²) in [5.41, 5.74) is 15.3. The Hall–Kier alpha value is -1.06. The average molecular weight is 236 g/mol. The Balaban J connectivity index is 3.17. The van der Waals surface area contributed by atoms with E-state index in [9.17, 15) is 0 Å². The van der Waals surface area contributed by atoms with Crippen LogP contribution >= 0.6 is 0 Å². The number of rotatable bonds is 4. The smallest absolute Gasteiger partial charge is 0.124 e. The zero-order valence-electron chi connectivity index (χ0n) is 11.5. The van der Waals surface area contributed by atoms with Crippen LogP contribution in [0.25, 0.3) is 0 Å². The second-order valence-corrected chi connectivity index (χ2v) is 5.36. The molecule has 0 fully saturated rings. The first kappa shape index (κ1) is 14.0. The number of benzene rings is 1. The van der Waals surface area contributed by atoms with E-state index >= 15 is 0 Å². The van der Waals surface area contributed by atoms with E-state index in [1.807, 2.05) is 13.8 Å². The van der Waals surface area contributed by atoms with Gasteiger partial charge in [-0.25, -0.2) is 0 Å². The van der Waals surface area contributed by atoms with Gasteiger partial charge in [0.05, 0.1) is 7.11 Å². The molecule has 3 heteroatoms. The van der Waals surface area contributed by atoms with Gasteiger partial charge in [0.15, 0.2) is 0 Å². The van der Waals surface area contributed by atoms with Gasteiger partial charge >= 0.3 is 0 Å². The fourth-order valence-electron chi connectivity index (χ4n) is 2.06. The summed E-state index contributed by atoms with van der Waals surface area (Å²) in [4.78, 5) is 0. The molecule has 0 spiro atoms. The van der Waals surface area contributed by atoms with Crippen molar-refractivity contribution in [2.24, 2.45) is 16.9 Å². The maximum Gasteiger partial charge on any atom is 0.124 e. The number of aryl methyl sites for hydroxylation is 2. The zero-order chi connectivity index (χ0) is 13.2. The number of ether oxygens (including phenoxy) is 1. The molecule has 1 unspecified atom stereocenters. The van der Waals surface area contributed by atoms with Crippen LogP contribution < -0.4 is 16.2 Å². The van der Waals surface area contributed by atoms with Gasteiger partial charge in [-0.15, -0.1) is 0 Å². The summed E-state index contributed by atoms with van der Waals surface area (Å²) >= 11 is 0. The third kappa shape index (κ3) is 2.79. The van der Waals surface area contributed by atoms with E-state index in [1.54, 1.807) is 7.11 Å². The van der Waals surface area contributed by atoms with E-state index in [2.05, 4.69) is 26.0 Å². The Kier molecular flexibility index (Phi) is 4.17. The monoisotopic (exact) mass is 236 g/mol. The molecule has 1 aromatic carbocycles. The molecule has 17 heavy (non-hydrogen) atoms. The molecular formula is C14H24N2O. The molecule has 0 aromatic heterocycles. The van der Waals surface area contributed by atoms with E-state index in [0.29, 0.717) is 6.54 Å². The Morgan fingerprint density at radius 1 is 1.24 bits per heavy atom. The summed E-state index contributed by atoms with van der Waals surface area (Å²) in [7, 11) is 1.69. The van der Waals surface area contributed by atoms with Crippen LogP contribution in [0.15, 0.2) is 12.1 Å². The maximum atomic E-state index is 6.29. The second-order valence-electron chi connectivity index (χ2n) is 5.36. The minimum Gasteiger partial charge on any atom is -0.496 e. The molecule has 0 saturated heterocycles. The average Bonchev–Trinajstić information content (AvgIpc) is 2.27. The molecule has 4 N–H and O–H groups in total. The van der Waals surface area contributed by atoms with Gasteiger partial charge in [-0.2, -0.15) is 0 Å². The number of hydrogen-bond acceptors (Lipinski definition) is 3. The van der Waals surface area contributed by atoms with Gasteiger partial charge in [-0.1, -0.05) is 26.0 Å². The molecule has 0 aliphatic heterocycles. The Morgan fingerprint density at radius 2 is 1.71 bits per heavy atom. The lowest BCUT2D eigenvalue weighted by Gasteiger charge is -2.31. The fourth-order valence-corrected chi connectivity index (χ4v) is 2.06. The third-order valence-corrected chi connectivity index (χ3v) is 3.41. The van der Waals surface area contributed by atoms with Crippen molar-refractivity contribution >= 4 is 0 Å². The quantitative estimate of drug-likeness (QED) is 0.843. The molecular weight excluding hydrogens is 212 g/mol. The molecule has 1 atom stereocenters. The first-order chi connectivity index (χ1) is 7.83. The van der Waals surface area contributed by atoms with Crippen LogP contribution in [0.4, 0.5) is 0 Å². The summed E-state index contributed by atoms with van der Waals surface area (Å²) in [6.07, 6.45) is 0. The van der Waals surface area contributed by atoms with E-state index < -0.39 is 0 Å². The van der Waals surface area contributed by atoms with Crippen molar-refractivity contribution in [3.05, 3.63) is 28.8 Å². The van der Waals surface area contributed by atoms with Gasteiger partial charge in [-0.3, -0.25) is 0 Å². The van der Waals surface area contributed by atoms with E-state index in [0.717, 1.165) is 22.4 Å². The van der Waals surface area contributed by atoms with Gasteiger partial charge in [0.2, 0.25) is 0 Å². The van der Waals surface area contributed by atoms with Crippen LogP contribution in [0.5, 0.6) is 5.75 Å². The molecule has 96 valence electrons. The lowest BCUT2D eigenvalue weighted by molar-refractivity contribution is 0.301. The van der Waals surface area contributed by atoms with Gasteiger partial charge in [0.25, 0.3) is 0 Å². The molecule has 3 nitrogen and oxygen atoms in total. The largest absolute Gasteiger partial charge is 0.496 e. The minimum atomic E-state index is -0.104. The van der Waals surface area contributed by atoms with Gasteiger partial charge in [-0.05, 0) is 42.5 Å². The highest BCUT2D eigenvalue weighted by Gasteiger charge is 2.26. The lowest BCUT2D eigenvalue weighted by atomic mass is 9.80. The first-order valence-electron chi connectivity index (χ1n) is 5.94. The summed E-state index contributed by atoms with van der Waals surface area (Å²) in [5, 5.41) is 0. The van der Waals surface area contributed by atoms with Crippen molar-refractivity contribution in [1.82, 2.24) is 0 Å². The lowest BCUT2D eigenvalue weighted by Crippen LogP contribution is -2.35. The molecule has 0 bridgehead atoms. The minimum absolute atomic E-state index is 0.0594. The van der Waals surface area contributed by atoms with Gasteiger partial charge < -0.3 is 16.2 Å². The predicted octanol–water partition coefficient (Wildman–Crippen LogP) is 2.30. The third-order valence-electron chi connectivity index (χ3n) is 3.41. The SMILES string of the molecule is COc1c(C)cc(C(N)C(C)(C)CN)cc1C. The van der Waals surface area contributed by atoms with Crippen LogP contribution in [0.1, 0.15) is 36.6 Å². The number of methoxy groups -OCH3 is 1. The Morgan fingerprint density at radius 3 is 2.06 bits per heavy atom. The van der Waals surface area contributed by atoms with E-state index in [-0.39, 0.29) is 11.5 Å². The highest BCUT2D eigenvalue weighted by molar-refractivity contribution is 5.44. The first-order valence-corrected chi connectivity index (χ1v) is 5.94. The highest BCUT2D eigenvalue weighted by atomic mass is 16.5. The maximum absolute atomic E-state index is 6.29. The summed E-state index contributed by atoms with van der Waals surface area (Å²) in [6.45, 7) is 8.83. The number of hydrogen-bond donors (Lipinski definition) is 2. The van der Waals surface area contributed by atoms with Crippen LogP contribution in [-0.4, -0.2) is 13.7 Å². The fraction of sp³-hybridized carbons (Fsp3) is 0.571. The van der Waals surface area contributed by atoms with Crippen molar-refractivity contribution < 1.29 is 4.74 Å². The molecule has 1 aromatic rings. The van der Waals surface area contributed by atoms with Crippen molar-refractivity contribution in [3.8, 4) is 5.75 Å². The second kappa shape index (κ2) is 5.07. The standard InChI is InChI=1S/C14H24N2O/c1-9-6-11(7-10(2)12(9)17-5)13(16)14(3,4)8-15/h6-7,13H,8,15-16H2,1-5H3. The van der Waals surface area contributed by atoms with Crippen LogP contribution in [0.3, 0.4) is 0 Å². The molecule has 0 saturated carbocycles. The molecule has 0 amide bonds. The normalized spacial score (nSPS) is 13.6. The van der Waals surface area contributed by atoms with E-state index in [1.165, 1.54) is 0 Å². The van der Waals surface area contributed by atoms with Crippen molar-refractivity contribution in [3.63, 3.8) is 0 Å². The molecule has 0 aliphatic carbocycles. The molecule has 0 radical (unpaired) electrons. The van der Waals surface area contributed by atoms with Crippen molar-refractivity contribution in [2.75, 3.05) is 13.7 Å². The molecule has 0 aliphatic rings. The van der Waals surface area contributed by atoms with Gasteiger partial charge in [0.1, 0.15) is 5.75 Å². The predicted molar refractivity (Wildman–Crippen MR) is 72.2 cm³/mol. The van der Waals surface area contributed by atoms with E-state index in [4.69, 9.17) is 16.2 Å². The molecule has 1 rings (SSSR count). The summed E-state index contributed by atoms with van der Waals surface area (Å²) in [6, 6.07) is 4.12. The van der Waals surface area contributed by atoms with Crippen LogP contribution in [0.2, 0.25) is 0 Å². The number of nitrogens with two attached hydrogens (primary N) is 2.